The number of carbonyl (C=O) groups excluding carboxylic acids is 1. The van der Waals surface area contributed by atoms with Gasteiger partial charge in [-0.2, -0.15) is 0 Å². The van der Waals surface area contributed by atoms with Crippen LogP contribution in [0.25, 0.3) is 0 Å². The summed E-state index contributed by atoms with van der Waals surface area (Å²) in [7, 11) is 0. The van der Waals surface area contributed by atoms with E-state index >= 15 is 0 Å². The third-order valence-electron chi connectivity index (χ3n) is 8.45. The molecule has 5 fully saturated rings. The third-order valence-corrected chi connectivity index (χ3v) is 8.45. The molecule has 0 amide bonds. The van der Waals surface area contributed by atoms with Crippen molar-refractivity contribution in [2.75, 3.05) is 6.61 Å². The Hall–Kier alpha value is -1.47. The highest BCUT2D eigenvalue weighted by Crippen LogP contribution is 2.60. The highest BCUT2D eigenvalue weighted by Gasteiger charge is 2.69. The number of ether oxygens (including phenoxy) is 3. The van der Waals surface area contributed by atoms with E-state index in [9.17, 15) is 4.79 Å². The molecule has 0 aromatic heterocycles. The van der Waals surface area contributed by atoms with Crippen LogP contribution in [0.1, 0.15) is 75.2 Å². The number of hydrogen-bond donors (Lipinski definition) is 0. The number of hydrogen-bond acceptors (Lipinski definition) is 6. The molecule has 1 spiro atoms. The molecule has 1 unspecified atom stereocenters. The van der Waals surface area contributed by atoms with Gasteiger partial charge in [-0.3, -0.25) is 0 Å². The van der Waals surface area contributed by atoms with Crippen molar-refractivity contribution in [3.8, 4) is 0 Å². The molecule has 4 saturated heterocycles. The lowest BCUT2D eigenvalue weighted by atomic mass is 9.57. The summed E-state index contributed by atoms with van der Waals surface area (Å²) in [5, 5.41) is 0. The van der Waals surface area contributed by atoms with Crippen molar-refractivity contribution in [3.63, 3.8) is 0 Å². The van der Waals surface area contributed by atoms with E-state index in [1.54, 1.807) is 0 Å². The maximum atomic E-state index is 12.3. The summed E-state index contributed by atoms with van der Waals surface area (Å²) in [4.78, 5) is 24.4. The van der Waals surface area contributed by atoms with Crippen LogP contribution in [0.5, 0.6) is 0 Å². The van der Waals surface area contributed by atoms with Gasteiger partial charge < -0.3 is 14.2 Å². The second kappa shape index (κ2) is 8.39. The Morgan fingerprint density at radius 1 is 1.09 bits per heavy atom. The smallest absolute Gasteiger partial charge is 0.338 e. The molecule has 1 saturated carbocycles. The highest BCUT2D eigenvalue weighted by molar-refractivity contribution is 5.89. The maximum absolute atomic E-state index is 12.3. The summed E-state index contributed by atoms with van der Waals surface area (Å²) >= 11 is 0. The average Bonchev–Trinajstić information content (AvgIpc) is 3.00. The zero-order valence-corrected chi connectivity index (χ0v) is 19.7. The molecular weight excluding hydrogens is 408 g/mol. The predicted octanol–water partition coefficient (Wildman–Crippen LogP) is 5.18. The van der Waals surface area contributed by atoms with E-state index < -0.39 is 17.7 Å². The molecule has 6 rings (SSSR count). The Kier molecular flexibility index (Phi) is 5.85. The molecule has 5 aliphatic rings. The van der Waals surface area contributed by atoms with Crippen molar-refractivity contribution in [2.45, 2.75) is 90.0 Å². The van der Waals surface area contributed by atoms with Crippen molar-refractivity contribution in [3.05, 3.63) is 35.4 Å². The predicted molar refractivity (Wildman–Crippen MR) is 118 cm³/mol. The summed E-state index contributed by atoms with van der Waals surface area (Å²) in [6, 6.07) is 7.47. The van der Waals surface area contributed by atoms with Crippen LogP contribution in [0.4, 0.5) is 0 Å². The molecule has 8 atom stereocenters. The molecule has 32 heavy (non-hydrogen) atoms. The normalized spacial score (nSPS) is 42.8. The maximum Gasteiger partial charge on any atom is 0.338 e. The molecule has 1 aliphatic carbocycles. The molecular formula is C26H36O6. The Morgan fingerprint density at radius 2 is 1.88 bits per heavy atom. The average molecular weight is 445 g/mol. The molecule has 6 nitrogen and oxygen atoms in total. The fourth-order valence-corrected chi connectivity index (χ4v) is 6.53. The number of fused-ring (bicyclic) bond motifs is 2. The van der Waals surface area contributed by atoms with Gasteiger partial charge in [-0.1, -0.05) is 31.5 Å². The van der Waals surface area contributed by atoms with Crippen LogP contribution >= 0.6 is 0 Å². The monoisotopic (exact) mass is 444 g/mol. The lowest BCUT2D eigenvalue weighted by molar-refractivity contribution is -0.571. The Bertz CT molecular complexity index is 839. The van der Waals surface area contributed by atoms with Crippen LogP contribution in [-0.4, -0.2) is 36.4 Å². The molecule has 0 N–H and O–H groups in total. The summed E-state index contributed by atoms with van der Waals surface area (Å²) in [6.07, 6.45) is 5.40. The molecule has 2 bridgehead atoms. The van der Waals surface area contributed by atoms with Crippen LogP contribution in [0, 0.1) is 30.6 Å². The van der Waals surface area contributed by atoms with E-state index in [1.807, 2.05) is 38.1 Å². The van der Waals surface area contributed by atoms with Gasteiger partial charge in [0.1, 0.15) is 0 Å². The van der Waals surface area contributed by atoms with Crippen molar-refractivity contribution < 1.29 is 28.8 Å². The Morgan fingerprint density at radius 3 is 2.66 bits per heavy atom. The van der Waals surface area contributed by atoms with Crippen molar-refractivity contribution in [1.82, 2.24) is 0 Å². The number of benzene rings is 1. The number of aryl methyl sites for hydroxylation is 1. The van der Waals surface area contributed by atoms with Crippen LogP contribution in [-0.2, 0) is 24.0 Å². The van der Waals surface area contributed by atoms with Crippen LogP contribution in [0.2, 0.25) is 0 Å². The fourth-order valence-electron chi connectivity index (χ4n) is 6.53. The van der Waals surface area contributed by atoms with Crippen LogP contribution in [0.3, 0.4) is 0 Å². The molecule has 4 heterocycles. The van der Waals surface area contributed by atoms with Crippen molar-refractivity contribution in [2.24, 2.45) is 23.7 Å². The number of rotatable bonds is 5. The number of esters is 1. The minimum Gasteiger partial charge on any atom is -0.462 e. The molecule has 4 aliphatic heterocycles. The van der Waals surface area contributed by atoms with Crippen LogP contribution in [0.15, 0.2) is 24.3 Å². The lowest BCUT2D eigenvalue weighted by Gasteiger charge is -2.60. The van der Waals surface area contributed by atoms with Gasteiger partial charge in [0.15, 0.2) is 11.9 Å². The summed E-state index contributed by atoms with van der Waals surface area (Å²) in [5.41, 5.74) is 1.21. The standard InChI is InChI=1S/C26H36O6/c1-16-7-10-19(11-8-16)23(27)28-15-5-6-22-18(3)21-12-9-17(2)20-13-14-25(4)30-24(29-22)26(20,21)32-31-25/h7-8,10-11,17-18,20-22,24H,5-6,9,12-15H2,1-4H3/t17-,18-,20+,21+,22-,24?,25+,26-/m1/s1. The molecule has 0 radical (unpaired) electrons. The largest absolute Gasteiger partial charge is 0.462 e. The van der Waals surface area contributed by atoms with Gasteiger partial charge in [-0.25, -0.2) is 14.6 Å². The zero-order chi connectivity index (χ0) is 22.5. The quantitative estimate of drug-likeness (QED) is 0.354. The zero-order valence-electron chi connectivity index (χ0n) is 19.7. The topological polar surface area (TPSA) is 63.2 Å². The van der Waals surface area contributed by atoms with Crippen molar-refractivity contribution >= 4 is 5.97 Å². The molecule has 176 valence electrons. The van der Waals surface area contributed by atoms with Gasteiger partial charge in [-0.15, -0.1) is 0 Å². The highest BCUT2D eigenvalue weighted by atomic mass is 17.3. The van der Waals surface area contributed by atoms with Gasteiger partial charge >= 0.3 is 5.97 Å². The second-order valence-corrected chi connectivity index (χ2v) is 10.6. The lowest BCUT2D eigenvalue weighted by Crippen LogP contribution is -2.70. The molecule has 1 aromatic carbocycles. The first-order chi connectivity index (χ1) is 15.3. The third kappa shape index (κ3) is 3.69. The summed E-state index contributed by atoms with van der Waals surface area (Å²) < 4.78 is 18.5. The SMILES string of the molecule is Cc1ccc(C(=O)OCCC[C@H]2OC3O[C@]4(C)CC[C@H]5[C@H](C)CC[C@@H]([C@H]2C)[C@@]35OO4)cc1. The van der Waals surface area contributed by atoms with Gasteiger partial charge in [0.2, 0.25) is 5.79 Å². The molecule has 1 aromatic rings. The second-order valence-electron chi connectivity index (χ2n) is 10.6. The van der Waals surface area contributed by atoms with E-state index in [4.69, 9.17) is 24.0 Å². The Labute approximate surface area is 190 Å². The van der Waals surface area contributed by atoms with Gasteiger partial charge in [0.25, 0.3) is 0 Å². The van der Waals surface area contributed by atoms with E-state index in [2.05, 4.69) is 13.8 Å². The van der Waals surface area contributed by atoms with E-state index in [0.717, 1.165) is 37.7 Å². The fraction of sp³-hybridized carbons (Fsp3) is 0.731. The first-order valence-electron chi connectivity index (χ1n) is 12.3. The van der Waals surface area contributed by atoms with E-state index in [1.165, 1.54) is 6.42 Å². The van der Waals surface area contributed by atoms with Gasteiger partial charge in [0, 0.05) is 12.3 Å². The first-order valence-corrected chi connectivity index (χ1v) is 12.3. The van der Waals surface area contributed by atoms with Gasteiger partial charge in [-0.05, 0) is 75.8 Å². The van der Waals surface area contributed by atoms with E-state index in [0.29, 0.717) is 35.8 Å². The number of carbonyl (C=O) groups is 1. The summed E-state index contributed by atoms with van der Waals surface area (Å²) in [5.74, 6) is 0.596. The minimum absolute atomic E-state index is 0.0503. The first kappa shape index (κ1) is 22.3. The molecule has 6 heteroatoms. The summed E-state index contributed by atoms with van der Waals surface area (Å²) in [6.45, 7) is 8.94. The van der Waals surface area contributed by atoms with Crippen molar-refractivity contribution in [1.29, 1.82) is 0 Å². The van der Waals surface area contributed by atoms with E-state index in [-0.39, 0.29) is 12.1 Å². The minimum atomic E-state index is -0.744. The Balaban J connectivity index is 1.23. The van der Waals surface area contributed by atoms with Gasteiger partial charge in [0.05, 0.1) is 18.3 Å². The van der Waals surface area contributed by atoms with Crippen LogP contribution < -0.4 is 0 Å².